The van der Waals surface area contributed by atoms with E-state index in [4.69, 9.17) is 5.73 Å². The van der Waals surface area contributed by atoms with Crippen molar-refractivity contribution in [3.63, 3.8) is 0 Å². The first-order valence-corrected chi connectivity index (χ1v) is 8.69. The van der Waals surface area contributed by atoms with Gasteiger partial charge in [0.25, 0.3) is 5.91 Å². The van der Waals surface area contributed by atoms with Crippen LogP contribution in [-0.4, -0.2) is 23.9 Å². The molecule has 24 heavy (non-hydrogen) atoms. The number of anilines is 2. The molecule has 0 unspecified atom stereocenters. The Hall–Kier alpha value is -2.33. The standard InChI is InChI=1S/C20H25N3O/c21-19-8-4-3-7-18(19)20(24)22-17-11-9-16(10-12-17)15-23-13-5-1-2-6-14-23/h3-4,7-12H,1-2,5-6,13-15,21H2,(H,22,24). The Morgan fingerprint density at radius 1 is 0.958 bits per heavy atom. The number of carbonyl (C=O) groups excluding carboxylic acids is 1. The monoisotopic (exact) mass is 323 g/mol. The Morgan fingerprint density at radius 2 is 1.62 bits per heavy atom. The largest absolute Gasteiger partial charge is 0.398 e. The number of nitrogens with one attached hydrogen (secondary N) is 1. The number of rotatable bonds is 4. The van der Waals surface area contributed by atoms with E-state index in [1.165, 1.54) is 44.3 Å². The summed E-state index contributed by atoms with van der Waals surface area (Å²) < 4.78 is 0. The van der Waals surface area contributed by atoms with Gasteiger partial charge in [0.2, 0.25) is 0 Å². The highest BCUT2D eigenvalue weighted by Gasteiger charge is 2.11. The number of nitrogens with zero attached hydrogens (tertiary/aromatic N) is 1. The summed E-state index contributed by atoms with van der Waals surface area (Å²) in [4.78, 5) is 14.8. The number of likely N-dealkylation sites (tertiary alicyclic amines) is 1. The van der Waals surface area contributed by atoms with E-state index < -0.39 is 0 Å². The molecule has 3 N–H and O–H groups in total. The normalized spacial score (nSPS) is 15.7. The van der Waals surface area contributed by atoms with Crippen LogP contribution in [0.3, 0.4) is 0 Å². The summed E-state index contributed by atoms with van der Waals surface area (Å²) in [5.74, 6) is -0.173. The van der Waals surface area contributed by atoms with Crippen molar-refractivity contribution in [3.05, 3.63) is 59.7 Å². The second kappa shape index (κ2) is 7.97. The van der Waals surface area contributed by atoms with E-state index in [1.807, 2.05) is 24.3 Å². The van der Waals surface area contributed by atoms with Crippen LogP contribution in [0.25, 0.3) is 0 Å². The van der Waals surface area contributed by atoms with E-state index in [-0.39, 0.29) is 5.91 Å². The number of nitrogen functional groups attached to an aromatic ring is 1. The molecule has 1 aliphatic rings. The van der Waals surface area contributed by atoms with Crippen LogP contribution in [0.5, 0.6) is 0 Å². The van der Waals surface area contributed by atoms with Gasteiger partial charge in [-0.3, -0.25) is 9.69 Å². The van der Waals surface area contributed by atoms with E-state index in [0.29, 0.717) is 11.3 Å². The Balaban J connectivity index is 1.60. The molecule has 1 saturated heterocycles. The third-order valence-corrected chi connectivity index (χ3v) is 4.52. The smallest absolute Gasteiger partial charge is 0.257 e. The van der Waals surface area contributed by atoms with Crippen molar-refractivity contribution in [2.24, 2.45) is 0 Å². The summed E-state index contributed by atoms with van der Waals surface area (Å²) in [5, 5.41) is 2.91. The highest BCUT2D eigenvalue weighted by Crippen LogP contribution is 2.17. The zero-order valence-corrected chi connectivity index (χ0v) is 14.0. The van der Waals surface area contributed by atoms with Crippen LogP contribution in [0.4, 0.5) is 11.4 Å². The summed E-state index contributed by atoms with van der Waals surface area (Å²) in [6.07, 6.45) is 5.30. The second-order valence-corrected chi connectivity index (χ2v) is 6.43. The van der Waals surface area contributed by atoms with E-state index in [2.05, 4.69) is 22.3 Å². The number of para-hydroxylation sites is 1. The zero-order chi connectivity index (χ0) is 16.8. The molecule has 4 heteroatoms. The van der Waals surface area contributed by atoms with Crippen molar-refractivity contribution >= 4 is 17.3 Å². The van der Waals surface area contributed by atoms with E-state index in [0.717, 1.165) is 12.2 Å². The highest BCUT2D eigenvalue weighted by molar-refractivity contribution is 6.07. The first-order valence-electron chi connectivity index (χ1n) is 8.69. The molecule has 0 aliphatic carbocycles. The number of benzene rings is 2. The van der Waals surface area contributed by atoms with Crippen molar-refractivity contribution in [1.82, 2.24) is 4.90 Å². The Labute approximate surface area is 143 Å². The molecule has 2 aromatic carbocycles. The van der Waals surface area contributed by atoms with E-state index in [1.54, 1.807) is 12.1 Å². The minimum Gasteiger partial charge on any atom is -0.398 e. The molecular formula is C20H25N3O. The van der Waals surface area contributed by atoms with Crippen LogP contribution in [0.15, 0.2) is 48.5 Å². The van der Waals surface area contributed by atoms with Gasteiger partial charge in [0.1, 0.15) is 0 Å². The van der Waals surface area contributed by atoms with Gasteiger partial charge in [-0.1, -0.05) is 37.1 Å². The van der Waals surface area contributed by atoms with Gasteiger partial charge in [-0.05, 0) is 55.8 Å². The van der Waals surface area contributed by atoms with Gasteiger partial charge in [0, 0.05) is 17.9 Å². The minimum atomic E-state index is -0.173. The average Bonchev–Trinajstić information content (AvgIpc) is 2.86. The van der Waals surface area contributed by atoms with Gasteiger partial charge in [-0.15, -0.1) is 0 Å². The van der Waals surface area contributed by atoms with Gasteiger partial charge in [0.15, 0.2) is 0 Å². The fourth-order valence-corrected chi connectivity index (χ4v) is 3.15. The molecule has 1 amide bonds. The maximum Gasteiger partial charge on any atom is 0.257 e. The van der Waals surface area contributed by atoms with E-state index >= 15 is 0 Å². The summed E-state index contributed by atoms with van der Waals surface area (Å²) in [5.41, 5.74) is 8.93. The summed E-state index contributed by atoms with van der Waals surface area (Å²) in [7, 11) is 0. The summed E-state index contributed by atoms with van der Waals surface area (Å²) >= 11 is 0. The molecule has 0 aromatic heterocycles. The predicted molar refractivity (Wildman–Crippen MR) is 99.0 cm³/mol. The minimum absolute atomic E-state index is 0.173. The van der Waals surface area contributed by atoms with Gasteiger partial charge in [0.05, 0.1) is 5.56 Å². The number of nitrogens with two attached hydrogens (primary N) is 1. The molecule has 1 heterocycles. The average molecular weight is 323 g/mol. The molecule has 3 rings (SSSR count). The molecule has 0 radical (unpaired) electrons. The maximum absolute atomic E-state index is 12.3. The molecule has 0 bridgehead atoms. The van der Waals surface area contributed by atoms with Crippen molar-refractivity contribution in [3.8, 4) is 0 Å². The molecule has 1 aliphatic heterocycles. The lowest BCUT2D eigenvalue weighted by Gasteiger charge is -2.19. The summed E-state index contributed by atoms with van der Waals surface area (Å²) in [6.45, 7) is 3.36. The van der Waals surface area contributed by atoms with Crippen LogP contribution in [0, 0.1) is 0 Å². The summed E-state index contributed by atoms with van der Waals surface area (Å²) in [6, 6.07) is 15.2. The highest BCUT2D eigenvalue weighted by atomic mass is 16.1. The molecule has 0 saturated carbocycles. The predicted octanol–water partition coefficient (Wildman–Crippen LogP) is 3.90. The number of amides is 1. The van der Waals surface area contributed by atoms with E-state index in [9.17, 15) is 4.79 Å². The van der Waals surface area contributed by atoms with Crippen LogP contribution in [0.2, 0.25) is 0 Å². The van der Waals surface area contributed by atoms with Crippen LogP contribution >= 0.6 is 0 Å². The van der Waals surface area contributed by atoms with Crippen molar-refractivity contribution in [2.75, 3.05) is 24.1 Å². The van der Waals surface area contributed by atoms with Crippen LogP contribution < -0.4 is 11.1 Å². The lowest BCUT2D eigenvalue weighted by molar-refractivity contribution is 0.102. The zero-order valence-electron chi connectivity index (χ0n) is 14.0. The van der Waals surface area contributed by atoms with Gasteiger partial charge in [-0.25, -0.2) is 0 Å². The van der Waals surface area contributed by atoms with Crippen molar-refractivity contribution in [1.29, 1.82) is 0 Å². The van der Waals surface area contributed by atoms with Crippen molar-refractivity contribution < 1.29 is 4.79 Å². The van der Waals surface area contributed by atoms with Gasteiger partial charge >= 0.3 is 0 Å². The third-order valence-electron chi connectivity index (χ3n) is 4.52. The van der Waals surface area contributed by atoms with Crippen LogP contribution in [-0.2, 0) is 6.54 Å². The third kappa shape index (κ3) is 4.36. The maximum atomic E-state index is 12.3. The number of hydrogen-bond donors (Lipinski definition) is 2. The first-order chi connectivity index (χ1) is 11.7. The lowest BCUT2D eigenvalue weighted by Crippen LogP contribution is -2.23. The van der Waals surface area contributed by atoms with Gasteiger partial charge < -0.3 is 11.1 Å². The van der Waals surface area contributed by atoms with Crippen molar-refractivity contribution in [2.45, 2.75) is 32.2 Å². The Morgan fingerprint density at radius 3 is 2.29 bits per heavy atom. The van der Waals surface area contributed by atoms with Crippen LogP contribution in [0.1, 0.15) is 41.6 Å². The Kier molecular flexibility index (Phi) is 5.49. The first kappa shape index (κ1) is 16.5. The molecule has 2 aromatic rings. The SMILES string of the molecule is Nc1ccccc1C(=O)Nc1ccc(CN2CCCCCC2)cc1. The molecule has 1 fully saturated rings. The lowest BCUT2D eigenvalue weighted by atomic mass is 10.1. The quantitative estimate of drug-likeness (QED) is 0.839. The molecule has 126 valence electrons. The topological polar surface area (TPSA) is 58.4 Å². The molecular weight excluding hydrogens is 298 g/mol. The molecule has 0 atom stereocenters. The number of carbonyl (C=O) groups is 1. The fraction of sp³-hybridized carbons (Fsp3) is 0.350. The molecule has 0 spiro atoms. The Bertz CT molecular complexity index is 674. The second-order valence-electron chi connectivity index (χ2n) is 6.43. The molecule has 4 nitrogen and oxygen atoms in total. The fourth-order valence-electron chi connectivity index (χ4n) is 3.15. The van der Waals surface area contributed by atoms with Gasteiger partial charge in [-0.2, -0.15) is 0 Å². The number of hydrogen-bond acceptors (Lipinski definition) is 3.